The molecule has 1 heterocycles. The summed E-state index contributed by atoms with van der Waals surface area (Å²) in [4.78, 5) is 0. The maximum atomic E-state index is 12.0. The van der Waals surface area contributed by atoms with E-state index in [4.69, 9.17) is 16.9 Å². The summed E-state index contributed by atoms with van der Waals surface area (Å²) >= 11 is 5.89. The highest BCUT2D eigenvalue weighted by atomic mass is 35.5. The molecule has 22 heavy (non-hydrogen) atoms. The largest absolute Gasteiger partial charge is 0.381 e. The highest BCUT2D eigenvalue weighted by Gasteiger charge is 2.27. The molecule has 0 aliphatic carbocycles. The molecule has 0 spiro atoms. The highest BCUT2D eigenvalue weighted by Crippen LogP contribution is 2.24. The van der Waals surface area contributed by atoms with Gasteiger partial charge in [0.25, 0.3) is 0 Å². The summed E-state index contributed by atoms with van der Waals surface area (Å²) in [6.07, 6.45) is 2.10. The van der Waals surface area contributed by atoms with Gasteiger partial charge in [-0.25, -0.2) is 12.7 Å². The molecular formula is C15H20ClN3O2S. The Bertz CT molecular complexity index is 662. The van der Waals surface area contributed by atoms with Gasteiger partial charge < -0.3 is 5.32 Å². The minimum absolute atomic E-state index is 0.168. The summed E-state index contributed by atoms with van der Waals surface area (Å²) in [5.74, 6) is 0.209. The van der Waals surface area contributed by atoms with Crippen molar-refractivity contribution in [2.45, 2.75) is 32.2 Å². The number of piperidine rings is 1. The summed E-state index contributed by atoms with van der Waals surface area (Å²) < 4.78 is 25.6. The van der Waals surface area contributed by atoms with Gasteiger partial charge in [0, 0.05) is 24.2 Å². The molecule has 1 aliphatic rings. The van der Waals surface area contributed by atoms with Crippen molar-refractivity contribution in [3.63, 3.8) is 0 Å². The van der Waals surface area contributed by atoms with Crippen LogP contribution in [0.3, 0.4) is 0 Å². The zero-order valence-electron chi connectivity index (χ0n) is 12.5. The second-order valence-electron chi connectivity index (χ2n) is 5.44. The summed E-state index contributed by atoms with van der Waals surface area (Å²) in [5.41, 5.74) is 1.26. The third-order valence-electron chi connectivity index (χ3n) is 3.77. The molecule has 1 fully saturated rings. The zero-order valence-corrected chi connectivity index (χ0v) is 14.1. The molecular weight excluding hydrogens is 322 g/mol. The van der Waals surface area contributed by atoms with E-state index in [1.165, 1.54) is 0 Å². The molecule has 5 nitrogen and oxygen atoms in total. The first-order chi connectivity index (χ1) is 10.5. The molecule has 120 valence electrons. The molecule has 1 aromatic carbocycles. The van der Waals surface area contributed by atoms with E-state index in [0.29, 0.717) is 30.1 Å². The summed E-state index contributed by atoms with van der Waals surface area (Å²) in [6, 6.07) is 7.45. The SMILES string of the molecule is CCCS(=O)(=O)N1CCC(Nc2ccc(Cl)cc2C#N)CC1. The summed E-state index contributed by atoms with van der Waals surface area (Å²) in [6.45, 7) is 2.92. The predicted molar refractivity (Wildman–Crippen MR) is 88.5 cm³/mol. The van der Waals surface area contributed by atoms with Crippen LogP contribution in [0.2, 0.25) is 5.02 Å². The van der Waals surface area contributed by atoms with E-state index in [9.17, 15) is 8.42 Å². The van der Waals surface area contributed by atoms with E-state index in [1.807, 2.05) is 6.92 Å². The van der Waals surface area contributed by atoms with E-state index < -0.39 is 10.0 Å². The van der Waals surface area contributed by atoms with Crippen LogP contribution in [0.25, 0.3) is 0 Å². The quantitative estimate of drug-likeness (QED) is 0.893. The van der Waals surface area contributed by atoms with Crippen LogP contribution < -0.4 is 5.32 Å². The van der Waals surface area contributed by atoms with Gasteiger partial charge in [-0.1, -0.05) is 18.5 Å². The van der Waals surface area contributed by atoms with Crippen LogP contribution in [0.5, 0.6) is 0 Å². The van der Waals surface area contributed by atoms with E-state index in [0.717, 1.165) is 18.5 Å². The lowest BCUT2D eigenvalue weighted by molar-refractivity contribution is 0.329. The Balaban J connectivity index is 1.98. The number of nitrogens with zero attached hydrogens (tertiary/aromatic N) is 2. The second kappa shape index (κ2) is 7.32. The maximum Gasteiger partial charge on any atom is 0.214 e. The Morgan fingerprint density at radius 1 is 1.41 bits per heavy atom. The molecule has 2 rings (SSSR count). The zero-order chi connectivity index (χ0) is 16.2. The number of hydrogen-bond donors (Lipinski definition) is 1. The number of nitrogens with one attached hydrogen (secondary N) is 1. The Labute approximate surface area is 136 Å². The van der Waals surface area contributed by atoms with Gasteiger partial charge in [-0.05, 0) is 37.5 Å². The first-order valence-electron chi connectivity index (χ1n) is 7.40. The van der Waals surface area contributed by atoms with Crippen molar-refractivity contribution in [2.24, 2.45) is 0 Å². The van der Waals surface area contributed by atoms with Crippen molar-refractivity contribution in [1.29, 1.82) is 5.26 Å². The van der Waals surface area contributed by atoms with E-state index in [1.54, 1.807) is 22.5 Å². The number of halogens is 1. The average molecular weight is 342 g/mol. The van der Waals surface area contributed by atoms with Gasteiger partial charge in [-0.15, -0.1) is 0 Å². The van der Waals surface area contributed by atoms with Gasteiger partial charge in [0.15, 0.2) is 0 Å². The average Bonchev–Trinajstić information content (AvgIpc) is 2.49. The number of sulfonamides is 1. The molecule has 7 heteroatoms. The fourth-order valence-corrected chi connectivity index (χ4v) is 4.33. The number of rotatable bonds is 5. The maximum absolute atomic E-state index is 12.0. The van der Waals surface area contributed by atoms with Crippen molar-refractivity contribution in [3.05, 3.63) is 28.8 Å². The Kier molecular flexibility index (Phi) is 5.68. The molecule has 0 amide bonds. The number of anilines is 1. The van der Waals surface area contributed by atoms with Crippen molar-refractivity contribution in [2.75, 3.05) is 24.2 Å². The van der Waals surface area contributed by atoms with Crippen LogP contribution in [-0.2, 0) is 10.0 Å². The molecule has 0 radical (unpaired) electrons. The molecule has 1 N–H and O–H groups in total. The minimum atomic E-state index is -3.11. The normalized spacial score (nSPS) is 17.1. The molecule has 0 unspecified atom stereocenters. The van der Waals surface area contributed by atoms with Gasteiger partial charge in [0.05, 0.1) is 17.0 Å². The van der Waals surface area contributed by atoms with Crippen molar-refractivity contribution >= 4 is 27.3 Å². The van der Waals surface area contributed by atoms with Gasteiger partial charge in [0.1, 0.15) is 6.07 Å². The molecule has 0 bridgehead atoms. The number of benzene rings is 1. The van der Waals surface area contributed by atoms with Gasteiger partial charge in [-0.2, -0.15) is 5.26 Å². The first kappa shape index (κ1) is 17.1. The third kappa shape index (κ3) is 4.13. The number of nitriles is 1. The third-order valence-corrected chi connectivity index (χ3v) is 6.08. The molecule has 1 aliphatic heterocycles. The van der Waals surface area contributed by atoms with Gasteiger partial charge in [-0.3, -0.25) is 0 Å². The minimum Gasteiger partial charge on any atom is -0.381 e. The van der Waals surface area contributed by atoms with Crippen molar-refractivity contribution in [1.82, 2.24) is 4.31 Å². The van der Waals surface area contributed by atoms with Crippen LogP contribution in [-0.4, -0.2) is 37.6 Å². The lowest BCUT2D eigenvalue weighted by Crippen LogP contribution is -2.43. The standard InChI is InChI=1S/C15H20ClN3O2S/c1-2-9-22(20,21)19-7-5-14(6-8-19)18-15-4-3-13(16)10-12(15)11-17/h3-4,10,14,18H,2,5-9H2,1H3. The fourth-order valence-electron chi connectivity index (χ4n) is 2.62. The van der Waals surface area contributed by atoms with Crippen LogP contribution in [0.1, 0.15) is 31.7 Å². The molecule has 1 saturated heterocycles. The highest BCUT2D eigenvalue weighted by molar-refractivity contribution is 7.89. The monoisotopic (exact) mass is 341 g/mol. The first-order valence-corrected chi connectivity index (χ1v) is 9.39. The summed E-state index contributed by atoms with van der Waals surface area (Å²) in [7, 11) is -3.11. The lowest BCUT2D eigenvalue weighted by atomic mass is 10.1. The van der Waals surface area contributed by atoms with Crippen molar-refractivity contribution < 1.29 is 8.42 Å². The smallest absolute Gasteiger partial charge is 0.214 e. The molecule has 1 aromatic rings. The van der Waals surface area contributed by atoms with E-state index >= 15 is 0 Å². The Morgan fingerprint density at radius 3 is 2.68 bits per heavy atom. The second-order valence-corrected chi connectivity index (χ2v) is 7.96. The van der Waals surface area contributed by atoms with Crippen LogP contribution >= 0.6 is 11.6 Å². The fraction of sp³-hybridized carbons (Fsp3) is 0.533. The molecule has 0 atom stereocenters. The van der Waals surface area contributed by atoms with Gasteiger partial charge >= 0.3 is 0 Å². The Morgan fingerprint density at radius 2 is 2.09 bits per heavy atom. The van der Waals surface area contributed by atoms with Crippen LogP contribution in [0.15, 0.2) is 18.2 Å². The van der Waals surface area contributed by atoms with Crippen LogP contribution in [0, 0.1) is 11.3 Å². The number of hydrogen-bond acceptors (Lipinski definition) is 4. The lowest BCUT2D eigenvalue weighted by Gasteiger charge is -2.32. The van der Waals surface area contributed by atoms with Crippen LogP contribution in [0.4, 0.5) is 5.69 Å². The Hall–Kier alpha value is -1.29. The van der Waals surface area contributed by atoms with Gasteiger partial charge in [0.2, 0.25) is 10.0 Å². The van der Waals surface area contributed by atoms with E-state index in [2.05, 4.69) is 11.4 Å². The predicted octanol–water partition coefficient (Wildman–Crippen LogP) is 2.83. The topological polar surface area (TPSA) is 73.2 Å². The van der Waals surface area contributed by atoms with E-state index in [-0.39, 0.29) is 11.8 Å². The van der Waals surface area contributed by atoms with Crippen molar-refractivity contribution in [3.8, 4) is 6.07 Å². The molecule has 0 aromatic heterocycles. The molecule has 0 saturated carbocycles. The summed E-state index contributed by atoms with van der Waals surface area (Å²) in [5, 5.41) is 13.0.